The normalized spacial score (nSPS) is 19.5. The predicted octanol–water partition coefficient (Wildman–Crippen LogP) is 6.47. The van der Waals surface area contributed by atoms with Crippen LogP contribution in [0.2, 0.25) is 0 Å². The minimum Gasteiger partial charge on any atom is -0.358 e. The smallest absolute Gasteiger partial charge is 0.256 e. The van der Waals surface area contributed by atoms with Gasteiger partial charge in [-0.2, -0.15) is 0 Å². The van der Waals surface area contributed by atoms with Gasteiger partial charge in [-0.15, -0.1) is 0 Å². The van der Waals surface area contributed by atoms with Gasteiger partial charge in [0, 0.05) is 47.3 Å². The highest BCUT2D eigenvalue weighted by Gasteiger charge is 2.34. The first-order valence-electron chi connectivity index (χ1n) is 16.5. The van der Waals surface area contributed by atoms with Gasteiger partial charge in [0.25, 0.3) is 17.7 Å². The van der Waals surface area contributed by atoms with Gasteiger partial charge >= 0.3 is 0 Å². The van der Waals surface area contributed by atoms with Gasteiger partial charge in [0.05, 0.1) is 17.2 Å². The van der Waals surface area contributed by atoms with Crippen molar-refractivity contribution in [3.05, 3.63) is 99.9 Å². The second-order valence-corrected chi connectivity index (χ2v) is 13.0. The standard InChI is InChI=1S/C38H41N5O3/c1-23-34(39-25(3)35(23)38(46)43-18-8-11-30(43)22-42-16-6-7-17-42)21-32-31-20-29(14-15-33(31)41-37(32)45)36(44)40-24(2)27-13-12-26-9-4-5-10-28(26)19-27/h4-5,9-10,12-15,19-21,24,30,39H,6-8,11,16-18,22H2,1-3H3,(H,40,44)(H,41,45). The Bertz CT molecular complexity index is 1880. The molecule has 3 aromatic carbocycles. The molecule has 0 spiro atoms. The monoisotopic (exact) mass is 615 g/mol. The molecule has 3 amide bonds. The fraction of sp³-hybridized carbons (Fsp3) is 0.342. The molecule has 2 saturated heterocycles. The van der Waals surface area contributed by atoms with Crippen LogP contribution < -0.4 is 10.6 Å². The van der Waals surface area contributed by atoms with Crippen LogP contribution in [0.25, 0.3) is 22.4 Å². The molecular formula is C38H41N5O3. The van der Waals surface area contributed by atoms with Gasteiger partial charge in [-0.1, -0.05) is 36.4 Å². The zero-order valence-electron chi connectivity index (χ0n) is 26.8. The van der Waals surface area contributed by atoms with Gasteiger partial charge in [-0.05, 0) is 112 Å². The van der Waals surface area contributed by atoms with Crippen molar-refractivity contribution in [2.24, 2.45) is 0 Å². The molecular weight excluding hydrogens is 574 g/mol. The number of carbonyl (C=O) groups excluding carboxylic acids is 3. The summed E-state index contributed by atoms with van der Waals surface area (Å²) >= 11 is 0. The van der Waals surface area contributed by atoms with Gasteiger partial charge < -0.3 is 25.4 Å². The number of aromatic amines is 1. The second-order valence-electron chi connectivity index (χ2n) is 13.0. The number of anilines is 1. The Hall–Kier alpha value is -4.69. The van der Waals surface area contributed by atoms with Crippen molar-refractivity contribution in [1.29, 1.82) is 0 Å². The van der Waals surface area contributed by atoms with Crippen molar-refractivity contribution in [1.82, 2.24) is 20.1 Å². The predicted molar refractivity (Wildman–Crippen MR) is 183 cm³/mol. The average molecular weight is 616 g/mol. The summed E-state index contributed by atoms with van der Waals surface area (Å²) in [7, 11) is 0. The molecule has 2 fully saturated rings. The van der Waals surface area contributed by atoms with Crippen molar-refractivity contribution in [2.75, 3.05) is 31.5 Å². The summed E-state index contributed by atoms with van der Waals surface area (Å²) in [5.74, 6) is -0.383. The van der Waals surface area contributed by atoms with Crippen LogP contribution in [0.5, 0.6) is 0 Å². The third-order valence-electron chi connectivity index (χ3n) is 9.97. The number of aryl methyl sites for hydroxylation is 1. The molecule has 3 N–H and O–H groups in total. The number of aromatic nitrogens is 1. The van der Waals surface area contributed by atoms with Crippen molar-refractivity contribution in [3.8, 4) is 0 Å². The Morgan fingerprint density at radius 1 is 0.978 bits per heavy atom. The Kier molecular flexibility index (Phi) is 7.99. The van der Waals surface area contributed by atoms with Crippen molar-refractivity contribution in [2.45, 2.75) is 58.5 Å². The van der Waals surface area contributed by atoms with Crippen LogP contribution in [0.4, 0.5) is 5.69 Å². The summed E-state index contributed by atoms with van der Waals surface area (Å²) in [6, 6.07) is 19.7. The maximum absolute atomic E-state index is 13.9. The van der Waals surface area contributed by atoms with E-state index in [0.717, 1.165) is 72.3 Å². The maximum atomic E-state index is 13.9. The van der Waals surface area contributed by atoms with Crippen molar-refractivity contribution in [3.63, 3.8) is 0 Å². The first-order chi connectivity index (χ1) is 22.3. The number of fused-ring (bicyclic) bond motifs is 2. The number of amides is 3. The maximum Gasteiger partial charge on any atom is 0.256 e. The molecule has 3 aliphatic heterocycles. The molecule has 0 bridgehead atoms. The van der Waals surface area contributed by atoms with E-state index in [4.69, 9.17) is 0 Å². The molecule has 4 aromatic rings. The quantitative estimate of drug-likeness (QED) is 0.208. The molecule has 8 heteroatoms. The van der Waals surface area contributed by atoms with Crippen molar-refractivity contribution >= 4 is 45.8 Å². The van der Waals surface area contributed by atoms with Crippen LogP contribution in [-0.4, -0.2) is 64.7 Å². The van der Waals surface area contributed by atoms with Crippen LogP contribution in [0, 0.1) is 13.8 Å². The summed E-state index contributed by atoms with van der Waals surface area (Å²) in [5.41, 5.74) is 6.34. The number of rotatable bonds is 7. The van der Waals surface area contributed by atoms with Crippen LogP contribution in [0.3, 0.4) is 0 Å². The van der Waals surface area contributed by atoms with E-state index < -0.39 is 0 Å². The summed E-state index contributed by atoms with van der Waals surface area (Å²) < 4.78 is 0. The number of likely N-dealkylation sites (tertiary alicyclic amines) is 2. The van der Waals surface area contributed by atoms with Gasteiger partial charge in [0.1, 0.15) is 0 Å². The third-order valence-corrected chi connectivity index (χ3v) is 9.97. The van der Waals surface area contributed by atoms with E-state index in [-0.39, 0.29) is 29.8 Å². The zero-order chi connectivity index (χ0) is 31.9. The van der Waals surface area contributed by atoms with Crippen molar-refractivity contribution < 1.29 is 14.4 Å². The van der Waals surface area contributed by atoms with Crippen LogP contribution in [0.1, 0.15) is 87.4 Å². The molecule has 7 rings (SSSR count). The molecule has 0 aliphatic carbocycles. The Labute approximate surface area is 269 Å². The molecule has 0 saturated carbocycles. The largest absolute Gasteiger partial charge is 0.358 e. The molecule has 3 aliphatic rings. The Morgan fingerprint density at radius 3 is 2.57 bits per heavy atom. The Balaban J connectivity index is 1.11. The highest BCUT2D eigenvalue weighted by molar-refractivity contribution is 6.35. The number of carbonyl (C=O) groups is 3. The fourth-order valence-corrected chi connectivity index (χ4v) is 7.40. The van der Waals surface area contributed by atoms with Gasteiger partial charge in [0.15, 0.2) is 0 Å². The number of hydrogen-bond acceptors (Lipinski definition) is 4. The fourth-order valence-electron chi connectivity index (χ4n) is 7.40. The first kappa shape index (κ1) is 30.0. The van der Waals surface area contributed by atoms with Crippen LogP contribution in [0.15, 0.2) is 60.7 Å². The number of nitrogens with one attached hydrogen (secondary N) is 3. The average Bonchev–Trinajstić information content (AvgIpc) is 3.85. The van der Waals surface area contributed by atoms with E-state index in [9.17, 15) is 14.4 Å². The SMILES string of the molecule is Cc1[nH]c(C=C2C(=O)Nc3ccc(C(=O)NC(C)c4ccc5ccccc5c4)cc32)c(C)c1C(=O)N1CCCC1CN1CCCC1. The molecule has 8 nitrogen and oxygen atoms in total. The molecule has 2 unspecified atom stereocenters. The number of nitrogens with zero attached hydrogens (tertiary/aromatic N) is 2. The lowest BCUT2D eigenvalue weighted by molar-refractivity contribution is -0.110. The highest BCUT2D eigenvalue weighted by Crippen LogP contribution is 2.35. The lowest BCUT2D eigenvalue weighted by Crippen LogP contribution is -2.42. The second kappa shape index (κ2) is 12.2. The van der Waals surface area contributed by atoms with E-state index in [2.05, 4.69) is 49.7 Å². The Morgan fingerprint density at radius 2 is 1.76 bits per heavy atom. The van der Waals surface area contributed by atoms with E-state index in [1.54, 1.807) is 18.2 Å². The molecule has 4 heterocycles. The molecule has 236 valence electrons. The van der Waals surface area contributed by atoms with Gasteiger partial charge in [-0.3, -0.25) is 14.4 Å². The summed E-state index contributed by atoms with van der Waals surface area (Å²) in [6.45, 7) is 9.80. The van der Waals surface area contributed by atoms with Crippen LogP contribution in [-0.2, 0) is 4.79 Å². The lowest BCUT2D eigenvalue weighted by Gasteiger charge is -2.28. The molecule has 1 aromatic heterocycles. The lowest BCUT2D eigenvalue weighted by atomic mass is 10.00. The summed E-state index contributed by atoms with van der Waals surface area (Å²) in [6.07, 6.45) is 6.35. The minimum atomic E-state index is -0.234. The minimum absolute atomic E-state index is 0.0633. The topological polar surface area (TPSA) is 97.5 Å². The van der Waals surface area contributed by atoms with E-state index in [1.807, 2.05) is 45.0 Å². The zero-order valence-corrected chi connectivity index (χ0v) is 26.8. The van der Waals surface area contributed by atoms with E-state index in [0.29, 0.717) is 28.0 Å². The highest BCUT2D eigenvalue weighted by atomic mass is 16.2. The first-order valence-corrected chi connectivity index (χ1v) is 16.5. The summed E-state index contributed by atoms with van der Waals surface area (Å²) in [5, 5.41) is 8.33. The number of H-pyrrole nitrogens is 1. The van der Waals surface area contributed by atoms with Crippen LogP contribution >= 0.6 is 0 Å². The molecule has 0 radical (unpaired) electrons. The van der Waals surface area contributed by atoms with E-state index in [1.165, 1.54) is 12.8 Å². The van der Waals surface area contributed by atoms with E-state index >= 15 is 0 Å². The number of benzene rings is 3. The summed E-state index contributed by atoms with van der Waals surface area (Å²) in [4.78, 5) is 48.4. The molecule has 46 heavy (non-hydrogen) atoms. The van der Waals surface area contributed by atoms with Gasteiger partial charge in [-0.25, -0.2) is 0 Å². The third kappa shape index (κ3) is 5.62. The van der Waals surface area contributed by atoms with Gasteiger partial charge in [0.2, 0.25) is 0 Å². The number of hydrogen-bond donors (Lipinski definition) is 3. The molecule has 2 atom stereocenters.